The summed E-state index contributed by atoms with van der Waals surface area (Å²) in [5.74, 6) is 0.0159. The monoisotopic (exact) mass is 283 g/mol. The third-order valence-electron chi connectivity index (χ3n) is 3.55. The van der Waals surface area contributed by atoms with Gasteiger partial charge in [0, 0.05) is 17.9 Å². The smallest absolute Gasteiger partial charge is 0.146 e. The van der Waals surface area contributed by atoms with E-state index in [1.807, 2.05) is 6.92 Å². The van der Waals surface area contributed by atoms with E-state index in [4.69, 9.17) is 28.0 Å². The van der Waals surface area contributed by atoms with Gasteiger partial charge in [-0.1, -0.05) is 41.3 Å². The first-order valence-corrected chi connectivity index (χ1v) is 6.56. The molecule has 2 aliphatic rings. The van der Waals surface area contributed by atoms with Crippen LogP contribution in [0.4, 0.5) is 0 Å². The first kappa shape index (κ1) is 12.0. The largest absolute Gasteiger partial charge is 0.391 e. The lowest BCUT2D eigenvalue weighted by molar-refractivity contribution is -0.119. The van der Waals surface area contributed by atoms with Crippen molar-refractivity contribution < 1.29 is 9.63 Å². The quantitative estimate of drug-likeness (QED) is 0.793. The van der Waals surface area contributed by atoms with Gasteiger partial charge in [0.1, 0.15) is 23.5 Å². The zero-order valence-electron chi connectivity index (χ0n) is 9.69. The van der Waals surface area contributed by atoms with Crippen LogP contribution in [0.2, 0.25) is 10.0 Å². The highest BCUT2D eigenvalue weighted by atomic mass is 35.5. The van der Waals surface area contributed by atoms with E-state index in [2.05, 4.69) is 5.16 Å². The maximum Gasteiger partial charge on any atom is 0.146 e. The second-order valence-corrected chi connectivity index (χ2v) is 5.58. The number of halogens is 2. The highest BCUT2D eigenvalue weighted by molar-refractivity contribution is 6.41. The number of Topliss-reactive ketones (excluding diaryl/α,β-unsaturated/α-hetero) is 1. The molecule has 1 aromatic rings. The predicted molar refractivity (Wildman–Crippen MR) is 70.2 cm³/mol. The minimum Gasteiger partial charge on any atom is -0.391 e. The van der Waals surface area contributed by atoms with E-state index in [-0.39, 0.29) is 23.7 Å². The Hall–Kier alpha value is -1.06. The number of fused-ring (bicyclic) bond motifs is 1. The molecule has 3 rings (SSSR count). The van der Waals surface area contributed by atoms with Crippen LogP contribution in [-0.4, -0.2) is 17.6 Å². The van der Waals surface area contributed by atoms with E-state index in [0.29, 0.717) is 27.7 Å². The average Bonchev–Trinajstić information content (AvgIpc) is 2.83. The van der Waals surface area contributed by atoms with Crippen molar-refractivity contribution in [2.75, 3.05) is 0 Å². The molecule has 18 heavy (non-hydrogen) atoms. The van der Waals surface area contributed by atoms with Crippen molar-refractivity contribution in [3.05, 3.63) is 33.8 Å². The molecule has 5 heteroatoms. The summed E-state index contributed by atoms with van der Waals surface area (Å²) in [6.45, 7) is 2.00. The lowest BCUT2D eigenvalue weighted by atomic mass is 9.92. The second-order valence-electron chi connectivity index (χ2n) is 4.77. The van der Waals surface area contributed by atoms with Crippen molar-refractivity contribution in [1.29, 1.82) is 0 Å². The standard InChI is InChI=1S/C13H11Cl2NO2/c1-6-5-9(17)11-12(16-18-13(6)11)10-7(14)3-2-4-8(10)15/h2-4,6,11,13H,5H2,1H3/t6-,11-,13-/m1/s1. The summed E-state index contributed by atoms with van der Waals surface area (Å²) < 4.78 is 0. The van der Waals surface area contributed by atoms with Crippen molar-refractivity contribution in [2.45, 2.75) is 19.4 Å². The molecule has 0 N–H and O–H groups in total. The zero-order chi connectivity index (χ0) is 12.9. The third-order valence-corrected chi connectivity index (χ3v) is 4.18. The lowest BCUT2D eigenvalue weighted by Crippen LogP contribution is -2.26. The summed E-state index contributed by atoms with van der Waals surface area (Å²) in [6, 6.07) is 5.24. The van der Waals surface area contributed by atoms with Gasteiger partial charge in [-0.3, -0.25) is 4.79 Å². The Labute approximate surface area is 115 Å². The second kappa shape index (κ2) is 4.25. The van der Waals surface area contributed by atoms with Crippen LogP contribution in [0.15, 0.2) is 23.4 Å². The minimum atomic E-state index is -0.322. The fourth-order valence-electron chi connectivity index (χ4n) is 2.66. The summed E-state index contributed by atoms with van der Waals surface area (Å²) in [4.78, 5) is 17.4. The van der Waals surface area contributed by atoms with Crippen LogP contribution in [0.3, 0.4) is 0 Å². The molecule has 0 radical (unpaired) electrons. The van der Waals surface area contributed by atoms with E-state index in [1.54, 1.807) is 18.2 Å². The van der Waals surface area contributed by atoms with Gasteiger partial charge in [0.15, 0.2) is 0 Å². The Kier molecular flexibility index (Phi) is 2.83. The molecule has 0 spiro atoms. The molecule has 1 aromatic carbocycles. The van der Waals surface area contributed by atoms with Gasteiger partial charge >= 0.3 is 0 Å². The molecule has 3 atom stereocenters. The zero-order valence-corrected chi connectivity index (χ0v) is 11.2. The molecule has 1 saturated carbocycles. The molecule has 0 aromatic heterocycles. The number of ketones is 1. The van der Waals surface area contributed by atoms with E-state index >= 15 is 0 Å². The van der Waals surface area contributed by atoms with Gasteiger partial charge in [0.2, 0.25) is 0 Å². The van der Waals surface area contributed by atoms with E-state index < -0.39 is 0 Å². The van der Waals surface area contributed by atoms with Gasteiger partial charge in [-0.2, -0.15) is 0 Å². The summed E-state index contributed by atoms with van der Waals surface area (Å²) in [7, 11) is 0. The van der Waals surface area contributed by atoms with Gasteiger partial charge < -0.3 is 4.84 Å². The number of rotatable bonds is 1. The first-order valence-electron chi connectivity index (χ1n) is 5.80. The fraction of sp³-hybridized carbons (Fsp3) is 0.385. The Morgan fingerprint density at radius 2 is 2.00 bits per heavy atom. The summed E-state index contributed by atoms with van der Waals surface area (Å²) in [6.07, 6.45) is 0.357. The van der Waals surface area contributed by atoms with Crippen LogP contribution >= 0.6 is 23.2 Å². The molecule has 0 amide bonds. The summed E-state index contributed by atoms with van der Waals surface area (Å²) in [5.41, 5.74) is 1.20. The molecule has 3 nitrogen and oxygen atoms in total. The average molecular weight is 284 g/mol. The molecule has 0 bridgehead atoms. The maximum absolute atomic E-state index is 12.0. The van der Waals surface area contributed by atoms with Gasteiger partial charge in [0.05, 0.1) is 10.0 Å². The molecule has 0 saturated heterocycles. The van der Waals surface area contributed by atoms with Crippen molar-refractivity contribution in [3.8, 4) is 0 Å². The highest BCUT2D eigenvalue weighted by Crippen LogP contribution is 2.40. The van der Waals surface area contributed by atoms with E-state index in [1.165, 1.54) is 0 Å². The fourth-order valence-corrected chi connectivity index (χ4v) is 3.25. The van der Waals surface area contributed by atoms with Gasteiger partial charge in [-0.15, -0.1) is 0 Å². The van der Waals surface area contributed by atoms with Gasteiger partial charge in [0.25, 0.3) is 0 Å². The normalized spacial score (nSPS) is 30.1. The van der Waals surface area contributed by atoms with E-state index in [9.17, 15) is 4.79 Å². The Bertz CT molecular complexity index is 536. The summed E-state index contributed by atoms with van der Waals surface area (Å²) >= 11 is 12.3. The van der Waals surface area contributed by atoms with Gasteiger partial charge in [-0.25, -0.2) is 0 Å². The molecule has 1 fully saturated rings. The highest BCUT2D eigenvalue weighted by Gasteiger charge is 2.49. The SMILES string of the molecule is C[C@@H]1CC(=O)[C@@H]2C(c3c(Cl)cccc3Cl)=NO[C@@H]21. The molecule has 94 valence electrons. The van der Waals surface area contributed by atoms with Crippen LogP contribution in [0, 0.1) is 11.8 Å². The third kappa shape index (κ3) is 1.65. The van der Waals surface area contributed by atoms with Crippen LogP contribution in [0.1, 0.15) is 18.9 Å². The minimum absolute atomic E-state index is 0.153. The Morgan fingerprint density at radius 1 is 1.33 bits per heavy atom. The van der Waals surface area contributed by atoms with Crippen LogP contribution in [0.25, 0.3) is 0 Å². The number of hydrogen-bond acceptors (Lipinski definition) is 3. The first-order chi connectivity index (χ1) is 8.59. The number of nitrogens with zero attached hydrogens (tertiary/aromatic N) is 1. The number of hydrogen-bond donors (Lipinski definition) is 0. The van der Waals surface area contributed by atoms with E-state index in [0.717, 1.165) is 0 Å². The number of oxime groups is 1. The number of carbonyl (C=O) groups is 1. The molecular formula is C13H11Cl2NO2. The van der Waals surface area contributed by atoms with Crippen LogP contribution in [0.5, 0.6) is 0 Å². The molecule has 1 heterocycles. The van der Waals surface area contributed by atoms with Crippen molar-refractivity contribution in [1.82, 2.24) is 0 Å². The molecule has 0 unspecified atom stereocenters. The predicted octanol–water partition coefficient (Wildman–Crippen LogP) is 3.32. The van der Waals surface area contributed by atoms with Crippen LogP contribution in [-0.2, 0) is 9.63 Å². The van der Waals surface area contributed by atoms with Crippen LogP contribution < -0.4 is 0 Å². The Morgan fingerprint density at radius 3 is 2.67 bits per heavy atom. The lowest BCUT2D eigenvalue weighted by Gasteiger charge is -2.12. The molecular weight excluding hydrogens is 273 g/mol. The van der Waals surface area contributed by atoms with Crippen molar-refractivity contribution >= 4 is 34.7 Å². The van der Waals surface area contributed by atoms with Gasteiger partial charge in [-0.05, 0) is 12.1 Å². The summed E-state index contributed by atoms with van der Waals surface area (Å²) in [5, 5.41) is 5.04. The maximum atomic E-state index is 12.0. The van der Waals surface area contributed by atoms with Crippen molar-refractivity contribution in [2.24, 2.45) is 17.0 Å². The number of benzene rings is 1. The molecule has 1 aliphatic heterocycles. The molecule has 1 aliphatic carbocycles. The van der Waals surface area contributed by atoms with Crippen molar-refractivity contribution in [3.63, 3.8) is 0 Å². The topological polar surface area (TPSA) is 38.7 Å². The Balaban J connectivity index is 2.06. The number of carbonyl (C=O) groups excluding carboxylic acids is 1.